The van der Waals surface area contributed by atoms with Crippen molar-refractivity contribution in [3.05, 3.63) is 71.1 Å². The highest BCUT2D eigenvalue weighted by Crippen LogP contribution is 2.29. The minimum Gasteiger partial charge on any atom is -0.339 e. The molecule has 0 saturated carbocycles. The molecule has 0 N–H and O–H groups in total. The maximum atomic E-state index is 12.7. The van der Waals surface area contributed by atoms with E-state index in [-0.39, 0.29) is 11.8 Å². The third-order valence-corrected chi connectivity index (χ3v) is 5.15. The third-order valence-electron chi connectivity index (χ3n) is 5.15. The van der Waals surface area contributed by atoms with E-state index in [0.717, 1.165) is 29.5 Å². The zero-order chi connectivity index (χ0) is 18.8. The molecule has 1 saturated heterocycles. The number of hydrogen-bond acceptors (Lipinski definition) is 4. The van der Waals surface area contributed by atoms with Crippen LogP contribution in [0.5, 0.6) is 0 Å². The summed E-state index contributed by atoms with van der Waals surface area (Å²) in [6, 6.07) is 15.9. The van der Waals surface area contributed by atoms with Gasteiger partial charge in [-0.25, -0.2) is 0 Å². The molecule has 1 fully saturated rings. The molecule has 5 nitrogen and oxygen atoms in total. The summed E-state index contributed by atoms with van der Waals surface area (Å²) in [5, 5.41) is 4.14. The van der Waals surface area contributed by atoms with Gasteiger partial charge in [-0.3, -0.25) is 4.79 Å². The van der Waals surface area contributed by atoms with Crippen molar-refractivity contribution in [2.45, 2.75) is 32.6 Å². The largest absolute Gasteiger partial charge is 0.339 e. The highest BCUT2D eigenvalue weighted by Gasteiger charge is 2.28. The van der Waals surface area contributed by atoms with E-state index in [2.05, 4.69) is 17.1 Å². The van der Waals surface area contributed by atoms with Crippen LogP contribution < -0.4 is 0 Å². The van der Waals surface area contributed by atoms with E-state index in [1.807, 2.05) is 60.4 Å². The number of likely N-dealkylation sites (tertiary alicyclic amines) is 1. The van der Waals surface area contributed by atoms with Crippen molar-refractivity contribution < 1.29 is 9.32 Å². The predicted octanol–water partition coefficient (Wildman–Crippen LogP) is 4.37. The number of amides is 1. The van der Waals surface area contributed by atoms with Crippen molar-refractivity contribution in [2.75, 3.05) is 13.1 Å². The Labute approximate surface area is 159 Å². The number of aryl methyl sites for hydroxylation is 2. The van der Waals surface area contributed by atoms with Gasteiger partial charge in [0.25, 0.3) is 5.91 Å². The third kappa shape index (κ3) is 3.77. The molecule has 1 aliphatic heterocycles. The lowest BCUT2D eigenvalue weighted by atomic mass is 9.96. The molecular formula is C22H23N3O2. The zero-order valence-electron chi connectivity index (χ0n) is 15.7. The Morgan fingerprint density at radius 2 is 1.78 bits per heavy atom. The van der Waals surface area contributed by atoms with E-state index in [1.54, 1.807) is 0 Å². The topological polar surface area (TPSA) is 59.2 Å². The number of aromatic nitrogens is 2. The van der Waals surface area contributed by atoms with Crippen LogP contribution in [0.15, 0.2) is 53.1 Å². The van der Waals surface area contributed by atoms with E-state index >= 15 is 0 Å². The highest BCUT2D eigenvalue weighted by molar-refractivity contribution is 5.94. The summed E-state index contributed by atoms with van der Waals surface area (Å²) in [6.07, 6.45) is 1.68. The van der Waals surface area contributed by atoms with Gasteiger partial charge in [-0.15, -0.1) is 0 Å². The fourth-order valence-electron chi connectivity index (χ4n) is 3.51. The van der Waals surface area contributed by atoms with Gasteiger partial charge < -0.3 is 9.42 Å². The van der Waals surface area contributed by atoms with E-state index in [4.69, 9.17) is 4.52 Å². The second-order valence-corrected chi connectivity index (χ2v) is 7.26. The molecule has 5 heteroatoms. The SMILES string of the molecule is Cc1ccc(-c2noc(C3CCN(C(=O)c4cccc(C)c4)CC3)n2)cc1. The molecule has 1 aromatic heterocycles. The fraction of sp³-hybridized carbons (Fsp3) is 0.318. The van der Waals surface area contributed by atoms with Crippen molar-refractivity contribution in [1.29, 1.82) is 0 Å². The molecule has 3 aromatic rings. The van der Waals surface area contributed by atoms with Crippen molar-refractivity contribution >= 4 is 5.91 Å². The average Bonchev–Trinajstić information content (AvgIpc) is 3.18. The monoisotopic (exact) mass is 361 g/mol. The molecule has 1 amide bonds. The summed E-state index contributed by atoms with van der Waals surface area (Å²) >= 11 is 0. The lowest BCUT2D eigenvalue weighted by Gasteiger charge is -2.30. The van der Waals surface area contributed by atoms with Crippen molar-refractivity contribution in [3.63, 3.8) is 0 Å². The van der Waals surface area contributed by atoms with Crippen LogP contribution in [0.1, 0.15) is 46.1 Å². The van der Waals surface area contributed by atoms with E-state index in [1.165, 1.54) is 5.56 Å². The second-order valence-electron chi connectivity index (χ2n) is 7.26. The maximum absolute atomic E-state index is 12.7. The number of nitrogens with zero attached hydrogens (tertiary/aromatic N) is 3. The maximum Gasteiger partial charge on any atom is 0.253 e. The van der Waals surface area contributed by atoms with Gasteiger partial charge in [-0.2, -0.15) is 4.98 Å². The van der Waals surface area contributed by atoms with Gasteiger partial charge in [0.1, 0.15) is 0 Å². The molecule has 0 unspecified atom stereocenters. The highest BCUT2D eigenvalue weighted by atomic mass is 16.5. The number of carbonyl (C=O) groups is 1. The molecular weight excluding hydrogens is 338 g/mol. The van der Waals surface area contributed by atoms with Gasteiger partial charge in [-0.05, 0) is 38.8 Å². The van der Waals surface area contributed by atoms with Crippen LogP contribution >= 0.6 is 0 Å². The predicted molar refractivity (Wildman–Crippen MR) is 104 cm³/mol. The summed E-state index contributed by atoms with van der Waals surface area (Å²) in [5.74, 6) is 1.61. The molecule has 4 rings (SSSR count). The van der Waals surface area contributed by atoms with Gasteiger partial charge >= 0.3 is 0 Å². The van der Waals surface area contributed by atoms with E-state index in [0.29, 0.717) is 24.8 Å². The molecule has 2 aromatic carbocycles. The summed E-state index contributed by atoms with van der Waals surface area (Å²) in [4.78, 5) is 19.2. The normalized spacial score (nSPS) is 15.1. The number of rotatable bonds is 3. The lowest BCUT2D eigenvalue weighted by molar-refractivity contribution is 0.0704. The lowest BCUT2D eigenvalue weighted by Crippen LogP contribution is -2.38. The first-order valence-corrected chi connectivity index (χ1v) is 9.37. The van der Waals surface area contributed by atoms with E-state index < -0.39 is 0 Å². The minimum atomic E-state index is 0.100. The van der Waals surface area contributed by atoms with Crippen LogP contribution in [0.3, 0.4) is 0 Å². The first kappa shape index (κ1) is 17.5. The van der Waals surface area contributed by atoms with Crippen molar-refractivity contribution in [2.24, 2.45) is 0 Å². The first-order valence-electron chi connectivity index (χ1n) is 9.37. The van der Waals surface area contributed by atoms with Gasteiger partial charge in [-0.1, -0.05) is 52.7 Å². The Morgan fingerprint density at radius 1 is 1.04 bits per heavy atom. The minimum absolute atomic E-state index is 0.100. The Morgan fingerprint density at radius 3 is 2.48 bits per heavy atom. The molecule has 0 spiro atoms. The standard InChI is InChI=1S/C22H23N3O2/c1-15-6-8-17(9-7-15)20-23-21(27-24-20)18-10-12-25(13-11-18)22(26)19-5-3-4-16(2)14-19/h3-9,14,18H,10-13H2,1-2H3. The number of hydrogen-bond donors (Lipinski definition) is 0. The average molecular weight is 361 g/mol. The molecule has 0 radical (unpaired) electrons. The number of benzene rings is 2. The molecule has 1 aliphatic rings. The van der Waals surface area contributed by atoms with Crippen LogP contribution in [0.2, 0.25) is 0 Å². The van der Waals surface area contributed by atoms with Crippen LogP contribution in [-0.4, -0.2) is 34.0 Å². The molecule has 0 aliphatic carbocycles. The summed E-state index contributed by atoms with van der Waals surface area (Å²) in [5.41, 5.74) is 4.02. The fourth-order valence-corrected chi connectivity index (χ4v) is 3.51. The Kier molecular flexibility index (Phi) is 4.75. The summed E-state index contributed by atoms with van der Waals surface area (Å²) in [7, 11) is 0. The van der Waals surface area contributed by atoms with Gasteiger partial charge in [0.15, 0.2) is 0 Å². The van der Waals surface area contributed by atoms with Gasteiger partial charge in [0.2, 0.25) is 11.7 Å². The quantitative estimate of drug-likeness (QED) is 0.695. The summed E-state index contributed by atoms with van der Waals surface area (Å²) < 4.78 is 5.52. The number of carbonyl (C=O) groups excluding carboxylic acids is 1. The second kappa shape index (κ2) is 7.35. The van der Waals surface area contributed by atoms with Gasteiger partial charge in [0.05, 0.1) is 0 Å². The molecule has 0 bridgehead atoms. The Bertz CT molecular complexity index is 938. The molecule has 2 heterocycles. The number of piperidine rings is 1. The van der Waals surface area contributed by atoms with Crippen LogP contribution in [0, 0.1) is 13.8 Å². The first-order chi connectivity index (χ1) is 13.1. The Hall–Kier alpha value is -2.95. The van der Waals surface area contributed by atoms with Crippen LogP contribution in [-0.2, 0) is 0 Å². The Balaban J connectivity index is 1.41. The van der Waals surface area contributed by atoms with Crippen molar-refractivity contribution in [1.82, 2.24) is 15.0 Å². The molecule has 27 heavy (non-hydrogen) atoms. The van der Waals surface area contributed by atoms with Crippen molar-refractivity contribution in [3.8, 4) is 11.4 Å². The smallest absolute Gasteiger partial charge is 0.253 e. The zero-order valence-corrected chi connectivity index (χ0v) is 15.7. The molecule has 138 valence electrons. The van der Waals surface area contributed by atoms with E-state index in [9.17, 15) is 4.79 Å². The van der Waals surface area contributed by atoms with Crippen LogP contribution in [0.4, 0.5) is 0 Å². The van der Waals surface area contributed by atoms with Gasteiger partial charge in [0, 0.05) is 30.1 Å². The van der Waals surface area contributed by atoms with Crippen LogP contribution in [0.25, 0.3) is 11.4 Å². The molecule has 0 atom stereocenters. The summed E-state index contributed by atoms with van der Waals surface area (Å²) in [6.45, 7) is 5.47.